The lowest BCUT2D eigenvalue weighted by Gasteiger charge is -2.19. The van der Waals surface area contributed by atoms with E-state index in [1.165, 1.54) is 17.0 Å². The summed E-state index contributed by atoms with van der Waals surface area (Å²) in [6, 6.07) is 10.3. The van der Waals surface area contributed by atoms with Gasteiger partial charge in [-0.3, -0.25) is 14.4 Å². The molecule has 3 N–H and O–H groups in total. The Bertz CT molecular complexity index is 1120. The van der Waals surface area contributed by atoms with Crippen molar-refractivity contribution in [2.45, 2.75) is 13.8 Å². The molecule has 0 aliphatic carbocycles. The maximum atomic E-state index is 12.2. The minimum absolute atomic E-state index is 0.0532. The number of para-hydroxylation sites is 2. The number of rotatable bonds is 5. The van der Waals surface area contributed by atoms with Crippen LogP contribution in [0.4, 0.5) is 22.7 Å². The highest BCUT2D eigenvalue weighted by atomic mass is 16.3. The monoisotopic (exact) mass is 379 g/mol. The van der Waals surface area contributed by atoms with Gasteiger partial charge < -0.3 is 20.6 Å². The van der Waals surface area contributed by atoms with Crippen LogP contribution in [0.5, 0.6) is 5.75 Å². The predicted molar refractivity (Wildman–Crippen MR) is 110 cm³/mol. The van der Waals surface area contributed by atoms with Gasteiger partial charge in [0.15, 0.2) is 5.75 Å². The van der Waals surface area contributed by atoms with Crippen molar-refractivity contribution in [2.24, 2.45) is 0 Å². The summed E-state index contributed by atoms with van der Waals surface area (Å²) in [5, 5.41) is 16.3. The Hall–Kier alpha value is -3.61. The van der Waals surface area contributed by atoms with E-state index in [4.69, 9.17) is 0 Å². The number of amides is 1. The average Bonchev–Trinajstić information content (AvgIpc) is 2.66. The molecule has 0 aliphatic heterocycles. The number of carbonyl (C=O) groups is 1. The lowest BCUT2D eigenvalue weighted by molar-refractivity contribution is 0.0824. The van der Waals surface area contributed by atoms with Gasteiger partial charge in [0.05, 0.1) is 11.3 Å². The molecule has 3 aromatic rings. The molecule has 144 valence electrons. The fourth-order valence-electron chi connectivity index (χ4n) is 2.96. The molecule has 0 spiro atoms. The fourth-order valence-corrected chi connectivity index (χ4v) is 2.96. The Labute approximate surface area is 161 Å². The number of benzene rings is 2. The molecule has 0 radical (unpaired) electrons. The molecule has 0 atom stereocenters. The maximum Gasteiger partial charge on any atom is 0.257 e. The van der Waals surface area contributed by atoms with Gasteiger partial charge in [0.2, 0.25) is 0 Å². The minimum Gasteiger partial charge on any atom is -0.505 e. The average molecular weight is 379 g/mol. The van der Waals surface area contributed by atoms with Crippen LogP contribution in [0.25, 0.3) is 0 Å². The van der Waals surface area contributed by atoms with Gasteiger partial charge in [0.1, 0.15) is 11.4 Å². The van der Waals surface area contributed by atoms with Crippen molar-refractivity contribution in [3.8, 4) is 5.75 Å². The molecule has 0 saturated heterocycles. The molecule has 0 aromatic heterocycles. The summed E-state index contributed by atoms with van der Waals surface area (Å²) in [4.78, 5) is 37.7. The molecule has 3 rings (SSSR count). The number of hydrogen-bond acceptors (Lipinski definition) is 6. The van der Waals surface area contributed by atoms with E-state index >= 15 is 0 Å². The minimum atomic E-state index is -0.683. The van der Waals surface area contributed by atoms with E-state index in [1.807, 2.05) is 32.0 Å². The van der Waals surface area contributed by atoms with Gasteiger partial charge in [-0.05, 0) is 37.1 Å². The van der Waals surface area contributed by atoms with E-state index < -0.39 is 10.9 Å². The molecule has 0 unspecified atom stereocenters. The number of hydrogen-bond donors (Lipinski definition) is 3. The zero-order chi connectivity index (χ0) is 20.6. The van der Waals surface area contributed by atoms with Crippen molar-refractivity contribution in [1.82, 2.24) is 4.90 Å². The third-order valence-corrected chi connectivity index (χ3v) is 4.57. The second-order valence-corrected chi connectivity index (χ2v) is 6.83. The number of nitrogens with one attached hydrogen (secondary N) is 2. The molecule has 0 aliphatic rings. The van der Waals surface area contributed by atoms with Crippen LogP contribution in [0.3, 0.4) is 0 Å². The van der Waals surface area contributed by atoms with Crippen molar-refractivity contribution in [2.75, 3.05) is 24.7 Å². The van der Waals surface area contributed by atoms with Crippen LogP contribution >= 0.6 is 0 Å². The highest BCUT2D eigenvalue weighted by Gasteiger charge is 2.24. The molecule has 0 heterocycles. The first-order chi connectivity index (χ1) is 13.2. The lowest BCUT2D eigenvalue weighted by atomic mass is 10.1. The normalized spacial score (nSPS) is 10.7. The summed E-state index contributed by atoms with van der Waals surface area (Å²) >= 11 is 0. The second kappa shape index (κ2) is 7.19. The second-order valence-electron chi connectivity index (χ2n) is 6.83. The van der Waals surface area contributed by atoms with Gasteiger partial charge in [-0.25, -0.2) is 0 Å². The van der Waals surface area contributed by atoms with Gasteiger partial charge in [-0.15, -0.1) is 0 Å². The van der Waals surface area contributed by atoms with E-state index in [0.29, 0.717) is 0 Å². The number of phenolic OH excluding ortho intramolecular Hbond substituents is 1. The fraction of sp³-hybridized carbons (Fsp3) is 0.190. The number of aromatic hydroxyl groups is 1. The summed E-state index contributed by atoms with van der Waals surface area (Å²) in [5.41, 5.74) is 1.74. The number of carbonyl (C=O) groups excluding carboxylic acids is 1. The third kappa shape index (κ3) is 3.22. The zero-order valence-corrected chi connectivity index (χ0v) is 16.1. The third-order valence-electron chi connectivity index (χ3n) is 4.57. The van der Waals surface area contributed by atoms with Crippen LogP contribution in [0.1, 0.15) is 21.5 Å². The van der Waals surface area contributed by atoms with Gasteiger partial charge in [0, 0.05) is 19.8 Å². The Morgan fingerprint density at radius 3 is 1.96 bits per heavy atom. The Balaban J connectivity index is 1.97. The van der Waals surface area contributed by atoms with Crippen LogP contribution in [-0.2, 0) is 0 Å². The highest BCUT2D eigenvalue weighted by Crippen LogP contribution is 2.33. The van der Waals surface area contributed by atoms with Crippen LogP contribution in [0.2, 0.25) is 0 Å². The SMILES string of the molecule is Cc1cccc(C)c1Nc1c(Nc2cccc(C(=O)N(C)C)c2O)c(=O)c1=O. The molecule has 28 heavy (non-hydrogen) atoms. The largest absolute Gasteiger partial charge is 0.505 e. The van der Waals surface area contributed by atoms with Crippen molar-refractivity contribution < 1.29 is 9.90 Å². The van der Waals surface area contributed by atoms with Crippen molar-refractivity contribution >= 4 is 28.7 Å². The molecule has 0 saturated carbocycles. The van der Waals surface area contributed by atoms with E-state index in [2.05, 4.69) is 10.6 Å². The Morgan fingerprint density at radius 1 is 0.857 bits per heavy atom. The molecule has 0 fully saturated rings. The predicted octanol–water partition coefficient (Wildman–Crippen LogP) is 2.79. The smallest absolute Gasteiger partial charge is 0.257 e. The molecule has 7 heteroatoms. The summed E-state index contributed by atoms with van der Waals surface area (Å²) in [6.07, 6.45) is 0. The number of phenols is 1. The first-order valence-corrected chi connectivity index (χ1v) is 8.69. The molecule has 7 nitrogen and oxygen atoms in total. The van der Waals surface area contributed by atoms with Gasteiger partial charge in [-0.1, -0.05) is 24.3 Å². The molecular formula is C21H21N3O4. The van der Waals surface area contributed by atoms with Gasteiger partial charge in [-0.2, -0.15) is 0 Å². The van der Waals surface area contributed by atoms with Crippen LogP contribution in [0.15, 0.2) is 46.0 Å². The molecule has 1 amide bonds. The van der Waals surface area contributed by atoms with Crippen LogP contribution in [0, 0.1) is 13.8 Å². The number of nitrogens with zero attached hydrogens (tertiary/aromatic N) is 1. The van der Waals surface area contributed by atoms with E-state index in [-0.39, 0.29) is 34.3 Å². The topological polar surface area (TPSA) is 98.7 Å². The quantitative estimate of drug-likeness (QED) is 0.466. The van der Waals surface area contributed by atoms with Crippen LogP contribution in [-0.4, -0.2) is 30.0 Å². The maximum absolute atomic E-state index is 12.2. The summed E-state index contributed by atoms with van der Waals surface area (Å²) in [7, 11) is 3.15. The molecular weight excluding hydrogens is 358 g/mol. The summed E-state index contributed by atoms with van der Waals surface area (Å²) in [6.45, 7) is 3.80. The number of anilines is 4. The summed E-state index contributed by atoms with van der Waals surface area (Å²) < 4.78 is 0. The number of aryl methyl sites for hydroxylation is 2. The molecule has 3 aromatic carbocycles. The Morgan fingerprint density at radius 2 is 1.39 bits per heavy atom. The summed E-state index contributed by atoms with van der Waals surface area (Å²) in [5.74, 6) is -0.660. The first-order valence-electron chi connectivity index (χ1n) is 8.69. The van der Waals surface area contributed by atoms with E-state index in [0.717, 1.165) is 16.8 Å². The first kappa shape index (κ1) is 19.2. The van der Waals surface area contributed by atoms with Crippen molar-refractivity contribution in [3.05, 3.63) is 73.5 Å². The van der Waals surface area contributed by atoms with Crippen LogP contribution < -0.4 is 21.5 Å². The zero-order valence-electron chi connectivity index (χ0n) is 16.1. The van der Waals surface area contributed by atoms with Crippen molar-refractivity contribution in [1.29, 1.82) is 0 Å². The standard InChI is InChI=1S/C21H21N3O4/c1-11-7-5-8-12(2)15(11)23-17-16(19(26)20(17)27)22-14-10-6-9-13(18(14)25)21(28)24(3)4/h5-10,22-23,25H,1-4H3. The highest BCUT2D eigenvalue weighted by molar-refractivity contribution is 5.99. The van der Waals surface area contributed by atoms with E-state index in [9.17, 15) is 19.5 Å². The van der Waals surface area contributed by atoms with Gasteiger partial charge in [0.25, 0.3) is 16.8 Å². The Kier molecular flexibility index (Phi) is 4.92. The van der Waals surface area contributed by atoms with Crippen molar-refractivity contribution in [3.63, 3.8) is 0 Å². The molecule has 0 bridgehead atoms. The van der Waals surface area contributed by atoms with Gasteiger partial charge >= 0.3 is 0 Å². The van der Waals surface area contributed by atoms with E-state index in [1.54, 1.807) is 20.2 Å². The lowest BCUT2D eigenvalue weighted by Crippen LogP contribution is -2.36.